The van der Waals surface area contributed by atoms with E-state index in [4.69, 9.17) is 10.5 Å². The van der Waals surface area contributed by atoms with Crippen LogP contribution < -0.4 is 20.7 Å². The molecule has 5 rings (SSSR count). The lowest BCUT2D eigenvalue weighted by atomic mass is 9.79. The third-order valence-corrected chi connectivity index (χ3v) is 6.76. The van der Waals surface area contributed by atoms with E-state index in [2.05, 4.69) is 34.1 Å². The summed E-state index contributed by atoms with van der Waals surface area (Å²) < 4.78 is 7.73. The molecule has 3 aromatic rings. The molecule has 0 atom stereocenters. The maximum absolute atomic E-state index is 13.2. The summed E-state index contributed by atoms with van der Waals surface area (Å²) in [6, 6.07) is 5.76. The predicted octanol–water partition coefficient (Wildman–Crippen LogP) is 2.79. The number of fused-ring (bicyclic) bond motifs is 2. The lowest BCUT2D eigenvalue weighted by molar-refractivity contribution is -0.127. The summed E-state index contributed by atoms with van der Waals surface area (Å²) in [5.74, 6) is 0.284. The number of aromatic nitrogens is 3. The highest BCUT2D eigenvalue weighted by atomic mass is 16.5. The van der Waals surface area contributed by atoms with E-state index in [0.717, 1.165) is 23.4 Å². The summed E-state index contributed by atoms with van der Waals surface area (Å²) in [5.41, 5.74) is 8.34. The maximum Gasteiger partial charge on any atom is 0.261 e. The molecule has 9 nitrogen and oxygen atoms in total. The van der Waals surface area contributed by atoms with E-state index in [1.165, 1.54) is 6.20 Å². The Balaban J connectivity index is 1.48. The summed E-state index contributed by atoms with van der Waals surface area (Å²) in [4.78, 5) is 31.6. The average Bonchev–Trinajstić information content (AvgIpc) is 3.33. The molecule has 0 bridgehead atoms. The monoisotopic (exact) mass is 448 g/mol. The topological polar surface area (TPSA) is 115 Å². The largest absolute Gasteiger partial charge is 0.487 e. The minimum Gasteiger partial charge on any atom is -0.487 e. The predicted molar refractivity (Wildman–Crippen MR) is 125 cm³/mol. The maximum atomic E-state index is 13.2. The highest BCUT2D eigenvalue weighted by molar-refractivity contribution is 6.09. The van der Waals surface area contributed by atoms with Gasteiger partial charge in [0.25, 0.3) is 5.91 Å². The minimum atomic E-state index is -0.516. The zero-order chi connectivity index (χ0) is 23.4. The molecule has 0 aliphatic carbocycles. The standard InChI is InChI=1S/C24H28N6O3/c1-23(2)13-15-11-17(28-21(31)16-14-27-30-8-4-7-26-20(16)30)18(12-19(15)33-23)29-9-5-24(3,6-10-29)22(25)32/h4,7-8,11-12,14H,5-6,9-10,13H2,1-3H3,(H2,25,32)(H,28,31). The molecule has 4 heterocycles. The van der Waals surface area contributed by atoms with Crippen molar-refractivity contribution in [3.63, 3.8) is 0 Å². The molecule has 2 aliphatic heterocycles. The number of hydrogen-bond acceptors (Lipinski definition) is 6. The van der Waals surface area contributed by atoms with Gasteiger partial charge in [-0.15, -0.1) is 0 Å². The van der Waals surface area contributed by atoms with Crippen LogP contribution in [0, 0.1) is 5.41 Å². The third-order valence-electron chi connectivity index (χ3n) is 6.76. The van der Waals surface area contributed by atoms with Crippen molar-refractivity contribution in [1.82, 2.24) is 14.6 Å². The van der Waals surface area contributed by atoms with E-state index in [0.29, 0.717) is 42.8 Å². The number of ether oxygens (including phenoxy) is 1. The number of amides is 2. The highest BCUT2D eigenvalue weighted by Gasteiger charge is 2.37. The molecule has 1 fully saturated rings. The van der Waals surface area contributed by atoms with Gasteiger partial charge in [0, 0.05) is 48.9 Å². The Morgan fingerprint density at radius 1 is 1.18 bits per heavy atom. The zero-order valence-electron chi connectivity index (χ0n) is 19.1. The van der Waals surface area contributed by atoms with Gasteiger partial charge >= 0.3 is 0 Å². The molecule has 1 saturated heterocycles. The number of nitrogens with zero attached hydrogens (tertiary/aromatic N) is 4. The number of piperidine rings is 1. The number of nitrogens with two attached hydrogens (primary N) is 1. The number of benzene rings is 1. The molecular weight excluding hydrogens is 420 g/mol. The van der Waals surface area contributed by atoms with Gasteiger partial charge in [0.1, 0.15) is 16.9 Å². The number of hydrogen-bond donors (Lipinski definition) is 2. The van der Waals surface area contributed by atoms with Gasteiger partial charge in [0.15, 0.2) is 5.65 Å². The van der Waals surface area contributed by atoms with E-state index in [1.807, 2.05) is 19.1 Å². The minimum absolute atomic E-state index is 0.268. The molecule has 0 spiro atoms. The average molecular weight is 449 g/mol. The molecule has 0 radical (unpaired) electrons. The normalized spacial score (nSPS) is 18.6. The highest BCUT2D eigenvalue weighted by Crippen LogP contribution is 2.43. The molecule has 2 aromatic heterocycles. The lowest BCUT2D eigenvalue weighted by Gasteiger charge is -2.39. The van der Waals surface area contributed by atoms with Gasteiger partial charge in [-0.2, -0.15) is 5.10 Å². The Labute approximate surface area is 191 Å². The van der Waals surface area contributed by atoms with Crippen molar-refractivity contribution in [3.8, 4) is 5.75 Å². The Morgan fingerprint density at radius 3 is 2.67 bits per heavy atom. The molecule has 0 saturated carbocycles. The van der Waals surface area contributed by atoms with Crippen LogP contribution in [0.15, 0.2) is 36.8 Å². The van der Waals surface area contributed by atoms with Crippen LogP contribution in [0.3, 0.4) is 0 Å². The molecular formula is C24H28N6O3. The molecule has 172 valence electrons. The van der Waals surface area contributed by atoms with Crippen molar-refractivity contribution in [2.45, 2.75) is 45.6 Å². The Hall–Kier alpha value is -3.62. The summed E-state index contributed by atoms with van der Waals surface area (Å²) in [7, 11) is 0. The molecule has 2 aliphatic rings. The van der Waals surface area contributed by atoms with Gasteiger partial charge in [-0.3, -0.25) is 9.59 Å². The molecule has 33 heavy (non-hydrogen) atoms. The first-order valence-corrected chi connectivity index (χ1v) is 11.2. The van der Waals surface area contributed by atoms with E-state index in [-0.39, 0.29) is 17.4 Å². The lowest BCUT2D eigenvalue weighted by Crippen LogP contribution is -2.45. The van der Waals surface area contributed by atoms with E-state index >= 15 is 0 Å². The quantitative estimate of drug-likeness (QED) is 0.634. The third kappa shape index (κ3) is 3.77. The van der Waals surface area contributed by atoms with Gasteiger partial charge in [-0.1, -0.05) is 6.92 Å². The Kier molecular flexibility index (Phi) is 4.81. The van der Waals surface area contributed by atoms with Crippen molar-refractivity contribution >= 4 is 28.8 Å². The van der Waals surface area contributed by atoms with E-state index in [1.54, 1.807) is 23.0 Å². The fraction of sp³-hybridized carbons (Fsp3) is 0.417. The van der Waals surface area contributed by atoms with Crippen LogP contribution in [0.5, 0.6) is 5.75 Å². The van der Waals surface area contributed by atoms with Crippen molar-refractivity contribution in [1.29, 1.82) is 0 Å². The Morgan fingerprint density at radius 2 is 1.94 bits per heavy atom. The fourth-order valence-corrected chi connectivity index (χ4v) is 4.67. The first-order chi connectivity index (χ1) is 15.7. The van der Waals surface area contributed by atoms with Crippen molar-refractivity contribution in [2.75, 3.05) is 23.3 Å². The van der Waals surface area contributed by atoms with Crippen LogP contribution in [-0.2, 0) is 11.2 Å². The number of carbonyl (C=O) groups is 2. The zero-order valence-corrected chi connectivity index (χ0v) is 19.1. The van der Waals surface area contributed by atoms with Crippen molar-refractivity contribution in [2.24, 2.45) is 11.1 Å². The SMILES string of the molecule is CC1(C)Cc2cc(NC(=O)c3cnn4cccnc34)c(N3CCC(C)(C(N)=O)CC3)cc2O1. The van der Waals surface area contributed by atoms with Gasteiger partial charge in [0.05, 0.1) is 17.6 Å². The number of nitrogens with one attached hydrogen (secondary N) is 1. The molecule has 3 N–H and O–H groups in total. The fourth-order valence-electron chi connectivity index (χ4n) is 4.67. The van der Waals surface area contributed by atoms with E-state index < -0.39 is 5.41 Å². The summed E-state index contributed by atoms with van der Waals surface area (Å²) in [6.07, 6.45) is 6.97. The second-order valence-electron chi connectivity index (χ2n) is 9.83. The van der Waals surface area contributed by atoms with Gasteiger partial charge < -0.3 is 20.7 Å². The van der Waals surface area contributed by atoms with E-state index in [9.17, 15) is 9.59 Å². The summed E-state index contributed by atoms with van der Waals surface area (Å²) in [6.45, 7) is 7.33. The van der Waals surface area contributed by atoms with Crippen molar-refractivity contribution < 1.29 is 14.3 Å². The van der Waals surface area contributed by atoms with Gasteiger partial charge in [-0.25, -0.2) is 9.50 Å². The van der Waals surface area contributed by atoms with Crippen LogP contribution in [-0.4, -0.2) is 45.1 Å². The number of rotatable bonds is 4. The molecule has 9 heteroatoms. The first kappa shape index (κ1) is 21.2. The van der Waals surface area contributed by atoms with Crippen LogP contribution in [0.4, 0.5) is 11.4 Å². The number of primary amides is 1. The number of carbonyl (C=O) groups excluding carboxylic acids is 2. The Bertz CT molecular complexity index is 1260. The van der Waals surface area contributed by atoms with Gasteiger partial charge in [0.2, 0.25) is 5.91 Å². The van der Waals surface area contributed by atoms with Crippen molar-refractivity contribution in [3.05, 3.63) is 47.9 Å². The number of anilines is 2. The van der Waals surface area contributed by atoms with Crippen LogP contribution in [0.1, 0.15) is 49.5 Å². The molecule has 1 aromatic carbocycles. The molecule has 2 amide bonds. The van der Waals surface area contributed by atoms with Crippen LogP contribution >= 0.6 is 0 Å². The molecule has 0 unspecified atom stereocenters. The first-order valence-electron chi connectivity index (χ1n) is 11.2. The van der Waals surface area contributed by atoms with Gasteiger partial charge in [-0.05, 0) is 38.8 Å². The smallest absolute Gasteiger partial charge is 0.261 e. The van der Waals surface area contributed by atoms with Crippen LogP contribution in [0.25, 0.3) is 5.65 Å². The second kappa shape index (κ2) is 7.47. The van der Waals surface area contributed by atoms with Crippen LogP contribution in [0.2, 0.25) is 0 Å². The second-order valence-corrected chi connectivity index (χ2v) is 9.83. The summed E-state index contributed by atoms with van der Waals surface area (Å²) in [5, 5.41) is 7.30. The summed E-state index contributed by atoms with van der Waals surface area (Å²) >= 11 is 0.